The Bertz CT molecular complexity index is 3650. The summed E-state index contributed by atoms with van der Waals surface area (Å²) < 4.78 is 0. The maximum Gasteiger partial charge on any atom is 0.0737 e. The first kappa shape index (κ1) is 50.8. The first-order valence-electron chi connectivity index (χ1n) is 26.7. The molecule has 2 aliphatic rings. The maximum atomic E-state index is 5.70. The number of nitrogens with zero attached hydrogens (tertiary/aromatic N) is 2. The summed E-state index contributed by atoms with van der Waals surface area (Å²) in [5, 5.41) is 0. The summed E-state index contributed by atoms with van der Waals surface area (Å²) >= 11 is 0. The third kappa shape index (κ3) is 10.5. The standard InChI is InChI=1S/C71H72N4/c1-44(2)47-26-22-45(23-27-47)20-21-46-24-28-49(29-25-46)65-58-32-36-62(74-58)66(50-38-52(68(3,4)5)42-53(39-50)69(6,7)8)60-34-30-56(72-60)64(48-18-16-15-17-19-48)57-31-35-61(73-57)67(63-37-33-59(65)75-63)51-40-54(70(9,10)11)43-55(41-51)71(12,13)14/h15-19,22-44,72,75H,1-14H3. The lowest BCUT2D eigenvalue weighted by molar-refractivity contribution is 0.568. The highest BCUT2D eigenvalue weighted by atomic mass is 14.8. The minimum absolute atomic E-state index is 0.0880. The van der Waals surface area contributed by atoms with Crippen molar-refractivity contribution in [1.82, 2.24) is 19.9 Å². The molecule has 2 N–H and O–H groups in total. The average molecular weight is 981 g/mol. The predicted molar refractivity (Wildman–Crippen MR) is 322 cm³/mol. The summed E-state index contributed by atoms with van der Waals surface area (Å²) in [6, 6.07) is 51.1. The van der Waals surface area contributed by atoms with Crippen LogP contribution < -0.4 is 0 Å². The molecule has 8 bridgehead atoms. The summed E-state index contributed by atoms with van der Waals surface area (Å²) in [6.07, 6.45) is 8.79. The van der Waals surface area contributed by atoms with E-state index in [2.05, 4.69) is 283 Å². The molecule has 10 rings (SSSR count). The number of benzene rings is 5. The molecule has 5 heterocycles. The first-order chi connectivity index (χ1) is 35.5. The summed E-state index contributed by atoms with van der Waals surface area (Å²) in [5.41, 5.74) is 24.0. The van der Waals surface area contributed by atoms with Crippen molar-refractivity contribution < 1.29 is 0 Å². The van der Waals surface area contributed by atoms with E-state index in [0.717, 1.165) is 100 Å². The van der Waals surface area contributed by atoms with Crippen LogP contribution in [0.3, 0.4) is 0 Å². The van der Waals surface area contributed by atoms with Crippen LogP contribution in [-0.2, 0) is 21.7 Å². The minimum Gasteiger partial charge on any atom is -0.354 e. The summed E-state index contributed by atoms with van der Waals surface area (Å²) in [4.78, 5) is 19.4. The zero-order valence-corrected chi connectivity index (χ0v) is 46.6. The van der Waals surface area contributed by atoms with Crippen molar-refractivity contribution in [2.45, 2.75) is 125 Å². The highest BCUT2D eigenvalue weighted by molar-refractivity contribution is 6.00. The number of fused-ring (bicyclic) bond motifs is 8. The Kier molecular flexibility index (Phi) is 13.0. The Morgan fingerprint density at radius 3 is 0.973 bits per heavy atom. The van der Waals surface area contributed by atoms with Crippen LogP contribution in [0, 0.1) is 11.8 Å². The minimum atomic E-state index is -0.0880. The average Bonchev–Trinajstić information content (AvgIpc) is 4.22. The van der Waals surface area contributed by atoms with E-state index in [-0.39, 0.29) is 21.7 Å². The first-order valence-corrected chi connectivity index (χ1v) is 26.7. The van der Waals surface area contributed by atoms with E-state index in [4.69, 9.17) is 9.97 Å². The molecule has 0 saturated carbocycles. The second kappa shape index (κ2) is 19.2. The SMILES string of the molecule is CC(C)c1ccc(C#Cc2ccc(-c3c4nc(c(-c5cc(C(C)(C)C)cc(C(C)(C)C)c5)c5ccc([nH]5)c(-c5ccccc5)c5nc(c(-c6cc(C(C)(C)C)cc(C(C)(C)C)c6)c6ccc3[nH]6)C=C5)C=C4)cc2)cc1. The molecule has 0 amide bonds. The number of rotatable bonds is 5. The fourth-order valence-electron chi connectivity index (χ4n) is 10.1. The van der Waals surface area contributed by atoms with Crippen LogP contribution in [0.4, 0.5) is 0 Å². The smallest absolute Gasteiger partial charge is 0.0737 e. The van der Waals surface area contributed by atoms with Gasteiger partial charge in [0.15, 0.2) is 0 Å². The predicted octanol–water partition coefficient (Wildman–Crippen LogP) is 19.0. The fourth-order valence-corrected chi connectivity index (χ4v) is 10.1. The van der Waals surface area contributed by atoms with Gasteiger partial charge >= 0.3 is 0 Å². The molecule has 5 aromatic carbocycles. The number of hydrogen-bond donors (Lipinski definition) is 2. The lowest BCUT2D eigenvalue weighted by Gasteiger charge is -2.26. The van der Waals surface area contributed by atoms with Crippen molar-refractivity contribution in [3.63, 3.8) is 0 Å². The van der Waals surface area contributed by atoms with Crippen molar-refractivity contribution >= 4 is 46.4 Å². The van der Waals surface area contributed by atoms with Crippen molar-refractivity contribution in [3.05, 3.63) is 201 Å². The van der Waals surface area contributed by atoms with E-state index in [0.29, 0.717) is 5.92 Å². The molecule has 376 valence electrons. The van der Waals surface area contributed by atoms with Gasteiger partial charge in [-0.15, -0.1) is 0 Å². The lowest BCUT2D eigenvalue weighted by Crippen LogP contribution is -2.16. The topological polar surface area (TPSA) is 57.4 Å². The van der Waals surface area contributed by atoms with Gasteiger partial charge in [0.05, 0.1) is 22.8 Å². The number of H-pyrrole nitrogens is 2. The highest BCUT2D eigenvalue weighted by Crippen LogP contribution is 2.42. The molecule has 0 aliphatic carbocycles. The summed E-state index contributed by atoms with van der Waals surface area (Å²) in [5.74, 6) is 7.33. The quantitative estimate of drug-likeness (QED) is 0.169. The molecular formula is C71H72N4. The molecular weight excluding hydrogens is 909 g/mol. The van der Waals surface area contributed by atoms with E-state index in [9.17, 15) is 0 Å². The van der Waals surface area contributed by atoms with Crippen LogP contribution in [0.15, 0.2) is 140 Å². The molecule has 0 saturated heterocycles. The molecule has 0 atom stereocenters. The number of nitrogens with one attached hydrogen (secondary N) is 2. The van der Waals surface area contributed by atoms with E-state index in [1.807, 2.05) is 0 Å². The van der Waals surface area contributed by atoms with Crippen LogP contribution in [0.2, 0.25) is 0 Å². The Morgan fingerprint density at radius 1 is 0.347 bits per heavy atom. The lowest BCUT2D eigenvalue weighted by atomic mass is 9.78. The van der Waals surface area contributed by atoms with Crippen LogP contribution >= 0.6 is 0 Å². The Morgan fingerprint density at radius 2 is 0.653 bits per heavy atom. The second-order valence-electron chi connectivity index (χ2n) is 25.1. The number of hydrogen-bond acceptors (Lipinski definition) is 2. The normalized spacial score (nSPS) is 12.8. The van der Waals surface area contributed by atoms with Gasteiger partial charge in [-0.2, -0.15) is 0 Å². The monoisotopic (exact) mass is 981 g/mol. The zero-order chi connectivity index (χ0) is 53.2. The highest BCUT2D eigenvalue weighted by Gasteiger charge is 2.26. The van der Waals surface area contributed by atoms with E-state index >= 15 is 0 Å². The molecule has 4 nitrogen and oxygen atoms in total. The van der Waals surface area contributed by atoms with Gasteiger partial charge in [0.1, 0.15) is 0 Å². The molecule has 75 heavy (non-hydrogen) atoms. The second-order valence-corrected chi connectivity index (χ2v) is 25.1. The van der Waals surface area contributed by atoms with Gasteiger partial charge in [-0.05, 0) is 150 Å². The molecule has 3 aromatic heterocycles. The van der Waals surface area contributed by atoms with E-state index in [1.54, 1.807) is 0 Å². The van der Waals surface area contributed by atoms with Gasteiger partial charge in [0.25, 0.3) is 0 Å². The Balaban J connectivity index is 1.32. The van der Waals surface area contributed by atoms with Crippen LogP contribution in [0.1, 0.15) is 165 Å². The van der Waals surface area contributed by atoms with Crippen molar-refractivity contribution in [3.8, 4) is 56.3 Å². The molecule has 4 heteroatoms. The number of aromatic nitrogens is 4. The zero-order valence-electron chi connectivity index (χ0n) is 46.6. The van der Waals surface area contributed by atoms with Gasteiger partial charge < -0.3 is 9.97 Å². The van der Waals surface area contributed by atoms with Gasteiger partial charge in [-0.3, -0.25) is 0 Å². The largest absolute Gasteiger partial charge is 0.354 e. The summed E-state index contributed by atoms with van der Waals surface area (Å²) in [6.45, 7) is 32.1. The molecule has 0 unspecified atom stereocenters. The van der Waals surface area contributed by atoms with Crippen LogP contribution in [0.25, 0.3) is 90.9 Å². The van der Waals surface area contributed by atoms with Crippen molar-refractivity contribution in [1.29, 1.82) is 0 Å². The van der Waals surface area contributed by atoms with Crippen molar-refractivity contribution in [2.75, 3.05) is 0 Å². The number of aromatic amines is 2. The molecule has 0 spiro atoms. The maximum absolute atomic E-state index is 5.70. The van der Waals surface area contributed by atoms with Crippen molar-refractivity contribution in [2.24, 2.45) is 0 Å². The molecule has 8 aromatic rings. The van der Waals surface area contributed by atoms with Gasteiger partial charge in [0, 0.05) is 55.4 Å². The Labute approximate surface area is 446 Å². The van der Waals surface area contributed by atoms with E-state index in [1.165, 1.54) is 27.8 Å². The van der Waals surface area contributed by atoms with Gasteiger partial charge in [0.2, 0.25) is 0 Å². The van der Waals surface area contributed by atoms with Crippen LogP contribution in [-0.4, -0.2) is 19.9 Å². The van der Waals surface area contributed by atoms with Crippen LogP contribution in [0.5, 0.6) is 0 Å². The molecule has 2 aliphatic heterocycles. The summed E-state index contributed by atoms with van der Waals surface area (Å²) in [7, 11) is 0. The Hall–Kier alpha value is -7.74. The van der Waals surface area contributed by atoms with Gasteiger partial charge in [-0.25, -0.2) is 9.97 Å². The third-order valence-electron chi connectivity index (χ3n) is 14.8. The fraction of sp³-hybridized carbons (Fsp3) is 0.268. The third-order valence-corrected chi connectivity index (χ3v) is 14.8. The molecule has 0 radical (unpaired) electrons. The molecule has 0 fully saturated rings. The van der Waals surface area contributed by atoms with E-state index < -0.39 is 0 Å². The van der Waals surface area contributed by atoms with Gasteiger partial charge in [-0.1, -0.05) is 200 Å².